The molecule has 0 atom stereocenters. The largest absolute Gasteiger partial charge is 0.381 e. The van der Waals surface area contributed by atoms with Crippen LogP contribution in [0.2, 0.25) is 0 Å². The molecule has 11 rings (SSSR count). The second-order valence-electron chi connectivity index (χ2n) is 13.4. The molecule has 53 heavy (non-hydrogen) atoms. The summed E-state index contributed by atoms with van der Waals surface area (Å²) in [6.07, 6.45) is 4.15. The Morgan fingerprint density at radius 2 is 1.21 bits per heavy atom. The van der Waals surface area contributed by atoms with Gasteiger partial charge in [-0.25, -0.2) is 4.98 Å². The number of hydrogen-bond donors (Lipinski definition) is 1. The van der Waals surface area contributed by atoms with Gasteiger partial charge >= 0.3 is 0 Å². The predicted octanol–water partition coefficient (Wildman–Crippen LogP) is 12.0. The second-order valence-corrected chi connectivity index (χ2v) is 13.4. The van der Waals surface area contributed by atoms with Crippen molar-refractivity contribution in [2.45, 2.75) is 0 Å². The van der Waals surface area contributed by atoms with E-state index in [1.54, 1.807) is 0 Å². The number of rotatable bonds is 4. The number of para-hydroxylation sites is 5. The fourth-order valence-corrected chi connectivity index (χ4v) is 8.36. The topological polar surface area (TPSA) is 47.7 Å². The zero-order valence-electron chi connectivity index (χ0n) is 28.6. The van der Waals surface area contributed by atoms with Gasteiger partial charge in [0.25, 0.3) is 0 Å². The average Bonchev–Trinajstić information content (AvgIpc) is 3.73. The molecule has 0 fully saturated rings. The van der Waals surface area contributed by atoms with Crippen LogP contribution >= 0.6 is 24.0 Å². The van der Waals surface area contributed by atoms with Crippen molar-refractivity contribution in [1.29, 1.82) is 0 Å². The third-order valence-corrected chi connectivity index (χ3v) is 10.6. The first-order valence-corrected chi connectivity index (χ1v) is 17.7. The van der Waals surface area contributed by atoms with Crippen molar-refractivity contribution in [3.05, 3.63) is 181 Å². The van der Waals surface area contributed by atoms with E-state index in [0.29, 0.717) is 0 Å². The van der Waals surface area contributed by atoms with Gasteiger partial charge < -0.3 is 14.5 Å². The van der Waals surface area contributed by atoms with Gasteiger partial charge in [0.05, 0.1) is 44.7 Å². The molecule has 5 heterocycles. The molecule has 4 aromatic heterocycles. The normalized spacial score (nSPS) is 12.6. The molecule has 6 aromatic carbocycles. The molecule has 0 saturated carbocycles. The molecule has 1 N–H and O–H groups in total. The van der Waals surface area contributed by atoms with Crippen molar-refractivity contribution >= 4 is 89.8 Å². The van der Waals surface area contributed by atoms with Crippen LogP contribution in [-0.4, -0.2) is 25.6 Å². The van der Waals surface area contributed by atoms with Crippen LogP contribution in [0.4, 0.5) is 5.69 Å². The predicted molar refractivity (Wildman–Crippen MR) is 231 cm³/mol. The Kier molecular flexibility index (Phi) is 7.40. The number of nitrogens with zero attached hydrogens (tertiary/aromatic N) is 4. The summed E-state index contributed by atoms with van der Waals surface area (Å²) in [5.41, 5.74) is 14.2. The highest BCUT2D eigenvalue weighted by Crippen LogP contribution is 2.43. The summed E-state index contributed by atoms with van der Waals surface area (Å²) >= 11 is 0. The minimum Gasteiger partial charge on any atom is -0.381 e. The molecule has 0 spiro atoms. The third-order valence-electron chi connectivity index (χ3n) is 10.6. The monoisotopic (exact) mass is 793 g/mol. The lowest BCUT2D eigenvalue weighted by Crippen LogP contribution is -2.10. The van der Waals surface area contributed by atoms with Crippen LogP contribution in [0.5, 0.6) is 0 Å². The Hall–Kier alpha value is -6.25. The fourth-order valence-electron chi connectivity index (χ4n) is 8.36. The molecular weight excluding hydrogens is 761 g/mol. The van der Waals surface area contributed by atoms with Gasteiger partial charge in [-0.3, -0.25) is 4.98 Å². The molecule has 0 radical (unpaired) electrons. The first kappa shape index (κ1) is 31.5. The van der Waals surface area contributed by atoms with Gasteiger partial charge in [0.15, 0.2) is 0 Å². The van der Waals surface area contributed by atoms with Gasteiger partial charge in [0, 0.05) is 67.7 Å². The van der Waals surface area contributed by atoms with Crippen LogP contribution in [0, 0.1) is 0 Å². The molecule has 1 aliphatic heterocycles. The van der Waals surface area contributed by atoms with Crippen LogP contribution in [0.25, 0.3) is 82.7 Å². The maximum Gasteiger partial charge on any atom is 0.0737 e. The van der Waals surface area contributed by atoms with Crippen molar-refractivity contribution in [3.63, 3.8) is 0 Å². The molecule has 5 nitrogen and oxygen atoms in total. The Morgan fingerprint density at radius 3 is 2.08 bits per heavy atom. The fraction of sp³-hybridized carbons (Fsp3) is 0.0213. The van der Waals surface area contributed by atoms with Crippen molar-refractivity contribution in [2.24, 2.45) is 0 Å². The first-order chi connectivity index (χ1) is 25.8. The summed E-state index contributed by atoms with van der Waals surface area (Å²) in [5, 5.41) is 9.56. The third kappa shape index (κ3) is 4.82. The van der Waals surface area contributed by atoms with Crippen molar-refractivity contribution in [1.82, 2.24) is 19.1 Å². The molecule has 10 aromatic rings. The maximum atomic E-state index is 5.44. The van der Waals surface area contributed by atoms with E-state index in [1.165, 1.54) is 32.6 Å². The average molecular weight is 794 g/mol. The molecule has 0 aliphatic carbocycles. The summed E-state index contributed by atoms with van der Waals surface area (Å²) in [5.74, 6) is 0. The van der Waals surface area contributed by atoms with Crippen LogP contribution in [0.3, 0.4) is 0 Å². The molecule has 0 amide bonds. The summed E-state index contributed by atoms with van der Waals surface area (Å²) in [6.45, 7) is 0.739. The van der Waals surface area contributed by atoms with E-state index in [0.717, 1.165) is 73.6 Å². The van der Waals surface area contributed by atoms with Gasteiger partial charge in [0.2, 0.25) is 0 Å². The van der Waals surface area contributed by atoms with E-state index in [-0.39, 0.29) is 24.0 Å². The van der Waals surface area contributed by atoms with Crippen LogP contribution in [0.15, 0.2) is 170 Å². The van der Waals surface area contributed by atoms with Crippen molar-refractivity contribution in [2.75, 3.05) is 11.9 Å². The van der Waals surface area contributed by atoms with E-state index >= 15 is 0 Å². The zero-order valence-corrected chi connectivity index (χ0v) is 30.9. The highest BCUT2D eigenvalue weighted by Gasteiger charge is 2.23. The number of pyridine rings is 2. The maximum absolute atomic E-state index is 5.44. The van der Waals surface area contributed by atoms with Crippen LogP contribution in [-0.2, 0) is 0 Å². The lowest BCUT2D eigenvalue weighted by atomic mass is 9.96. The van der Waals surface area contributed by atoms with Crippen molar-refractivity contribution < 1.29 is 0 Å². The molecule has 0 saturated heterocycles. The van der Waals surface area contributed by atoms with Gasteiger partial charge in [0.1, 0.15) is 0 Å². The Labute approximate surface area is 322 Å². The summed E-state index contributed by atoms with van der Waals surface area (Å²) in [6, 6.07) is 56.4. The standard InChI is InChI=1S/C47H31N5.HI/c1-2-12-30(13-3-1)52-43-20-10-6-16-36(43)37-22-23-45-46(47(37)52)38-17-7-11-21-44(38)51(45)31-28-41(34-24-26-48-39-18-8-4-14-32(34)39)50-42(29-31)35-25-27-49-40-19-9-5-15-33(35)40;/h1-26,28-29,49H,27H2;1H. The minimum atomic E-state index is 0. The summed E-state index contributed by atoms with van der Waals surface area (Å²) in [7, 11) is 0. The Morgan fingerprint density at radius 1 is 0.509 bits per heavy atom. The Balaban J connectivity index is 0.00000349. The van der Waals surface area contributed by atoms with E-state index in [4.69, 9.17) is 4.98 Å². The first-order valence-electron chi connectivity index (χ1n) is 17.7. The molecule has 252 valence electrons. The van der Waals surface area contributed by atoms with Gasteiger partial charge in [-0.15, -0.1) is 24.0 Å². The number of aromatic nitrogens is 4. The van der Waals surface area contributed by atoms with E-state index in [2.05, 4.69) is 177 Å². The van der Waals surface area contributed by atoms with Crippen molar-refractivity contribution in [3.8, 4) is 22.6 Å². The van der Waals surface area contributed by atoms with Crippen LogP contribution < -0.4 is 5.32 Å². The minimum absolute atomic E-state index is 0. The lowest BCUT2D eigenvalue weighted by molar-refractivity contribution is 1.14. The highest BCUT2D eigenvalue weighted by molar-refractivity contribution is 14.0. The number of anilines is 1. The van der Waals surface area contributed by atoms with E-state index in [1.807, 2.05) is 12.3 Å². The molecule has 6 heteroatoms. The number of nitrogens with one attached hydrogen (secondary N) is 1. The van der Waals surface area contributed by atoms with E-state index in [9.17, 15) is 0 Å². The SMILES string of the molecule is C1=C(c2cc(-n3c4ccccc4c4c3ccc3c5ccccc5n(-c5ccccc5)c34)cc(-c3ccnc4ccccc34)n2)c2ccccc2NC1.I. The number of hydrogen-bond acceptors (Lipinski definition) is 3. The second kappa shape index (κ2) is 12.5. The Bertz CT molecular complexity index is 3080. The van der Waals surface area contributed by atoms with Crippen LogP contribution in [0.1, 0.15) is 11.3 Å². The zero-order chi connectivity index (χ0) is 34.2. The number of fused-ring (bicyclic) bond motifs is 9. The highest BCUT2D eigenvalue weighted by atomic mass is 127. The summed E-state index contributed by atoms with van der Waals surface area (Å²) in [4.78, 5) is 10.1. The number of benzene rings is 6. The number of halogens is 1. The molecule has 0 unspecified atom stereocenters. The van der Waals surface area contributed by atoms with Gasteiger partial charge in [-0.2, -0.15) is 0 Å². The van der Waals surface area contributed by atoms with Gasteiger partial charge in [-0.05, 0) is 60.7 Å². The molecular formula is C47H32IN5. The quantitative estimate of drug-likeness (QED) is 0.181. The molecule has 0 bridgehead atoms. The van der Waals surface area contributed by atoms with Gasteiger partial charge in [-0.1, -0.05) is 103 Å². The van der Waals surface area contributed by atoms with E-state index < -0.39 is 0 Å². The smallest absolute Gasteiger partial charge is 0.0737 e. The summed E-state index contributed by atoms with van der Waals surface area (Å²) < 4.78 is 4.87. The molecule has 1 aliphatic rings. The lowest BCUT2D eigenvalue weighted by Gasteiger charge is -2.21.